The molecule has 0 radical (unpaired) electrons. The van der Waals surface area contributed by atoms with E-state index in [1.54, 1.807) is 0 Å². The van der Waals surface area contributed by atoms with Crippen molar-refractivity contribution in [2.24, 2.45) is 0 Å². The van der Waals surface area contributed by atoms with Crippen LogP contribution in [0.1, 0.15) is 19.3 Å². The lowest BCUT2D eigenvalue weighted by molar-refractivity contribution is -0.122. The molecule has 10 nitrogen and oxygen atoms in total. The summed E-state index contributed by atoms with van der Waals surface area (Å²) in [4.78, 5) is 43.7. The first kappa shape index (κ1) is 37.0. The third kappa shape index (κ3) is 35.1. The van der Waals surface area contributed by atoms with Gasteiger partial charge in [0.25, 0.3) is 0 Å². The first-order chi connectivity index (χ1) is 16.3. The molecule has 0 atom stereocenters. The van der Waals surface area contributed by atoms with Crippen LogP contribution in [0.4, 0.5) is 0 Å². The fraction of sp³-hybridized carbons (Fsp3) is 0.619. The number of carbonyl (C=O) groups excluding carboxylic acids is 4. The van der Waals surface area contributed by atoms with Gasteiger partial charge in [-0.15, -0.1) is 0 Å². The Labute approximate surface area is 216 Å². The van der Waals surface area contributed by atoms with E-state index in [-0.39, 0.29) is 50.0 Å². The average Bonchev–Trinajstić information content (AvgIpc) is 2.84. The summed E-state index contributed by atoms with van der Waals surface area (Å²) >= 11 is 6.70. The van der Waals surface area contributed by atoms with Gasteiger partial charge in [0.1, 0.15) is 0 Å². The van der Waals surface area contributed by atoms with Crippen LogP contribution in [0.15, 0.2) is 25.3 Å². The molecule has 34 heavy (non-hydrogen) atoms. The molecule has 0 aliphatic carbocycles. The summed E-state index contributed by atoms with van der Waals surface area (Å²) < 4.78 is 0. The lowest BCUT2D eigenvalue weighted by Gasteiger charge is -2.07. The first-order valence-corrected chi connectivity index (χ1v) is 13.4. The molecular weight excluding hydrogens is 502 g/mol. The van der Waals surface area contributed by atoms with Crippen molar-refractivity contribution >= 4 is 59.7 Å². The molecule has 0 bridgehead atoms. The minimum Gasteiger partial charge on any atom is -0.396 e. The zero-order valence-electron chi connectivity index (χ0n) is 19.5. The van der Waals surface area contributed by atoms with E-state index in [2.05, 4.69) is 41.7 Å². The maximum Gasteiger partial charge on any atom is 0.243 e. The number of rotatable bonds is 18. The van der Waals surface area contributed by atoms with Crippen LogP contribution in [0.5, 0.6) is 0 Å². The number of carbonyl (C=O) groups is 4. The molecule has 0 spiro atoms. The zero-order chi connectivity index (χ0) is 26.5. The van der Waals surface area contributed by atoms with E-state index in [0.29, 0.717) is 54.6 Å². The molecule has 0 saturated heterocycles. The highest BCUT2D eigenvalue weighted by Crippen LogP contribution is 2.01. The van der Waals surface area contributed by atoms with Crippen molar-refractivity contribution in [3.63, 3.8) is 0 Å². The van der Waals surface area contributed by atoms with E-state index in [4.69, 9.17) is 15.3 Å². The third-order valence-corrected chi connectivity index (χ3v) is 5.30. The van der Waals surface area contributed by atoms with Crippen molar-refractivity contribution in [3.8, 4) is 0 Å². The number of aliphatic hydroxyl groups is 3. The maximum atomic E-state index is 11.3. The Morgan fingerprint density at radius 2 is 1.21 bits per heavy atom. The van der Waals surface area contributed by atoms with E-state index in [1.165, 1.54) is 35.7 Å². The van der Waals surface area contributed by atoms with E-state index < -0.39 is 0 Å². The minimum absolute atomic E-state index is 0.0747. The van der Waals surface area contributed by atoms with Gasteiger partial charge in [-0.25, -0.2) is 0 Å². The van der Waals surface area contributed by atoms with Crippen LogP contribution in [0.25, 0.3) is 0 Å². The molecule has 6 N–H and O–H groups in total. The molecule has 0 heterocycles. The summed E-state index contributed by atoms with van der Waals surface area (Å²) in [5, 5.41) is 32.6. The highest BCUT2D eigenvalue weighted by molar-refractivity contribution is 7.99. The van der Waals surface area contributed by atoms with Crippen molar-refractivity contribution in [1.82, 2.24) is 16.0 Å². The molecule has 0 saturated carbocycles. The number of ketones is 1. The molecule has 3 amide bonds. The fourth-order valence-corrected chi connectivity index (χ4v) is 2.89. The number of hydrogen-bond donors (Lipinski definition) is 7. The topological polar surface area (TPSA) is 165 Å². The number of thiol groups is 1. The lowest BCUT2D eigenvalue weighted by atomic mass is 10.3. The van der Waals surface area contributed by atoms with Gasteiger partial charge in [0.15, 0.2) is 5.78 Å². The average molecular weight is 542 g/mol. The van der Waals surface area contributed by atoms with E-state index in [0.717, 1.165) is 0 Å². The van der Waals surface area contributed by atoms with Gasteiger partial charge in [-0.3, -0.25) is 19.2 Å². The molecule has 0 aliphatic heterocycles. The molecule has 0 aromatic heterocycles. The van der Waals surface area contributed by atoms with Crippen LogP contribution < -0.4 is 16.0 Å². The highest BCUT2D eigenvalue weighted by atomic mass is 32.2. The van der Waals surface area contributed by atoms with Crippen LogP contribution in [-0.2, 0) is 19.2 Å². The number of amides is 3. The summed E-state index contributed by atoms with van der Waals surface area (Å²) in [5.74, 6) is 2.61. The zero-order valence-corrected chi connectivity index (χ0v) is 22.0. The van der Waals surface area contributed by atoms with E-state index in [1.807, 2.05) is 0 Å². The van der Waals surface area contributed by atoms with Gasteiger partial charge in [0, 0.05) is 54.6 Å². The van der Waals surface area contributed by atoms with E-state index >= 15 is 0 Å². The fourth-order valence-electron chi connectivity index (χ4n) is 1.56. The summed E-state index contributed by atoms with van der Waals surface area (Å²) in [5.41, 5.74) is 0. The smallest absolute Gasteiger partial charge is 0.243 e. The monoisotopic (exact) mass is 541 g/mol. The second-order valence-electron chi connectivity index (χ2n) is 5.91. The summed E-state index contributed by atoms with van der Waals surface area (Å²) in [7, 11) is 0. The molecule has 13 heteroatoms. The van der Waals surface area contributed by atoms with Gasteiger partial charge in [-0.1, -0.05) is 13.2 Å². The highest BCUT2D eigenvalue weighted by Gasteiger charge is 2.03. The van der Waals surface area contributed by atoms with Gasteiger partial charge in [-0.05, 0) is 12.2 Å². The second kappa shape index (κ2) is 31.5. The molecule has 0 aliphatic rings. The van der Waals surface area contributed by atoms with Crippen molar-refractivity contribution < 1.29 is 34.5 Å². The number of aliphatic hydroxyl groups excluding tert-OH is 3. The van der Waals surface area contributed by atoms with Gasteiger partial charge >= 0.3 is 0 Å². The quantitative estimate of drug-likeness (QED) is 0.0536. The van der Waals surface area contributed by atoms with Crippen LogP contribution in [0, 0.1) is 0 Å². The summed E-state index contributed by atoms with van der Waals surface area (Å²) in [6.45, 7) is 7.47. The second-order valence-corrected chi connectivity index (χ2v) is 8.81. The predicted octanol–water partition coefficient (Wildman–Crippen LogP) is -0.250. The Bertz CT molecular complexity index is 522. The normalized spacial score (nSPS) is 9.29. The van der Waals surface area contributed by atoms with Crippen molar-refractivity contribution in [2.45, 2.75) is 19.3 Å². The number of hydrogen-bond acceptors (Lipinski definition) is 10. The van der Waals surface area contributed by atoms with Crippen LogP contribution in [0.3, 0.4) is 0 Å². The van der Waals surface area contributed by atoms with Gasteiger partial charge in [-0.2, -0.15) is 36.2 Å². The van der Waals surface area contributed by atoms with Crippen molar-refractivity contribution in [3.05, 3.63) is 25.3 Å². The van der Waals surface area contributed by atoms with Gasteiger partial charge in [0.2, 0.25) is 17.7 Å². The Hall–Kier alpha value is -1.51. The Balaban J connectivity index is -0.000000538. The summed E-state index contributed by atoms with van der Waals surface area (Å²) in [6, 6.07) is 0. The Kier molecular flexibility index (Phi) is 34.3. The van der Waals surface area contributed by atoms with Gasteiger partial charge < -0.3 is 31.3 Å². The first-order valence-electron chi connectivity index (χ1n) is 10.5. The molecule has 0 aromatic carbocycles. The largest absolute Gasteiger partial charge is 0.396 e. The molecule has 0 rings (SSSR count). The Morgan fingerprint density at radius 1 is 0.735 bits per heavy atom. The molecular formula is C21H39N3O7S3. The SMILES string of the molecule is C=CC(=O)CCNC(=O)C=C.O=C(CCSCCO)NCNC(=O)CCSCCO.OCCS. The van der Waals surface area contributed by atoms with Crippen LogP contribution in [-0.4, -0.2) is 101 Å². The number of nitrogens with one attached hydrogen (secondary N) is 3. The minimum atomic E-state index is -0.262. The lowest BCUT2D eigenvalue weighted by Crippen LogP contribution is -2.37. The Morgan fingerprint density at radius 3 is 1.56 bits per heavy atom. The molecule has 0 unspecified atom stereocenters. The van der Waals surface area contributed by atoms with E-state index in [9.17, 15) is 19.2 Å². The van der Waals surface area contributed by atoms with Crippen molar-refractivity contribution in [1.29, 1.82) is 0 Å². The standard InChI is InChI=1S/C11H22N2O4S2.C8H11NO2.C2H6OS/c14-3-7-18-5-1-10(16)12-9-13-11(17)2-6-19-8-4-15;1-3-7(10)5-6-9-8(11)4-2;3-1-2-4/h14-15H,1-9H2,(H,12,16)(H,13,17);3-4H,1-2,5-6H2,(H,9,11);3-4H,1-2H2. The third-order valence-electron chi connectivity index (χ3n) is 3.17. The van der Waals surface area contributed by atoms with Gasteiger partial charge in [0.05, 0.1) is 26.5 Å². The van der Waals surface area contributed by atoms with Crippen molar-refractivity contribution in [2.75, 3.05) is 61.8 Å². The number of allylic oxidation sites excluding steroid dienone is 1. The number of thioether (sulfide) groups is 2. The van der Waals surface area contributed by atoms with Crippen LogP contribution in [0.2, 0.25) is 0 Å². The maximum absolute atomic E-state index is 11.3. The molecule has 0 fully saturated rings. The molecule has 198 valence electrons. The summed E-state index contributed by atoms with van der Waals surface area (Å²) in [6.07, 6.45) is 3.46. The van der Waals surface area contributed by atoms with Crippen LogP contribution >= 0.6 is 36.2 Å². The predicted molar refractivity (Wildman–Crippen MR) is 143 cm³/mol. The molecule has 0 aromatic rings.